The smallest absolute Gasteiger partial charge is 0.394 e. The van der Waals surface area contributed by atoms with E-state index in [2.05, 4.69) is 9.72 Å². The highest BCUT2D eigenvalue weighted by atomic mass is 35.5. The fourth-order valence-corrected chi connectivity index (χ4v) is 4.74. The minimum atomic E-state index is -3.39. The largest absolute Gasteiger partial charge is 0.433 e. The molecular weight excluding hydrogens is 534 g/mol. The Bertz CT molecular complexity index is 1640. The SMILES string of the molecule is Cn1c(=O)n(CCC2(O)CCC2)c(=O)c2c1nc(Oc1cccc(OC(C)(F)F)c1)n2Cc1ccc(Cl)cc1. The van der Waals surface area contributed by atoms with Gasteiger partial charge in [0.05, 0.1) is 12.1 Å². The van der Waals surface area contributed by atoms with E-state index < -0.39 is 23.0 Å². The summed E-state index contributed by atoms with van der Waals surface area (Å²) in [5.74, 6) is 0.0194. The molecule has 4 aromatic rings. The van der Waals surface area contributed by atoms with Crippen LogP contribution < -0.4 is 20.7 Å². The van der Waals surface area contributed by atoms with Crippen LogP contribution >= 0.6 is 11.6 Å². The van der Waals surface area contributed by atoms with E-state index in [9.17, 15) is 23.5 Å². The molecule has 206 valence electrons. The minimum absolute atomic E-state index is 0.0252. The Morgan fingerprint density at radius 2 is 1.79 bits per heavy atom. The van der Waals surface area contributed by atoms with Gasteiger partial charge in [0.25, 0.3) is 5.56 Å². The summed E-state index contributed by atoms with van der Waals surface area (Å²) < 4.78 is 41.3. The van der Waals surface area contributed by atoms with Crippen molar-refractivity contribution in [2.24, 2.45) is 7.05 Å². The molecule has 0 bridgehead atoms. The monoisotopic (exact) mass is 560 g/mol. The first-order chi connectivity index (χ1) is 18.4. The van der Waals surface area contributed by atoms with Crippen LogP contribution in [0, 0.1) is 0 Å². The Morgan fingerprint density at radius 3 is 2.44 bits per heavy atom. The molecule has 12 heteroatoms. The number of nitrogens with zero attached hydrogens (tertiary/aromatic N) is 4. The van der Waals surface area contributed by atoms with Crippen LogP contribution in [0.5, 0.6) is 17.5 Å². The standard InChI is InChI=1S/C27H27ClF2N4O5/c1-26(29,30)39-20-6-3-5-19(15-20)38-24-31-22-21(34(24)16-17-7-9-18(28)10-8-17)23(35)33(25(36)32(22)2)14-13-27(37)11-4-12-27/h3,5-10,15,37H,4,11-14,16H2,1-2H3. The normalized spacial score (nSPS) is 14.8. The van der Waals surface area contributed by atoms with Gasteiger partial charge in [-0.15, -0.1) is 0 Å². The molecule has 1 aliphatic rings. The van der Waals surface area contributed by atoms with Gasteiger partial charge in [-0.2, -0.15) is 13.8 Å². The Morgan fingerprint density at radius 1 is 1.10 bits per heavy atom. The lowest BCUT2D eigenvalue weighted by molar-refractivity contribution is -0.159. The number of rotatable bonds is 9. The molecule has 1 saturated carbocycles. The van der Waals surface area contributed by atoms with E-state index in [1.807, 2.05) is 0 Å². The van der Waals surface area contributed by atoms with E-state index in [0.717, 1.165) is 16.6 Å². The number of hydrogen-bond donors (Lipinski definition) is 1. The van der Waals surface area contributed by atoms with Crippen molar-refractivity contribution in [1.82, 2.24) is 18.7 Å². The van der Waals surface area contributed by atoms with Crippen LogP contribution in [-0.4, -0.2) is 35.5 Å². The molecule has 9 nitrogen and oxygen atoms in total. The first kappa shape index (κ1) is 26.9. The number of imidazole rings is 1. The van der Waals surface area contributed by atoms with Crippen molar-refractivity contribution < 1.29 is 23.4 Å². The number of fused-ring (bicyclic) bond motifs is 1. The van der Waals surface area contributed by atoms with Crippen molar-refractivity contribution in [3.05, 3.63) is 80.0 Å². The molecule has 0 spiro atoms. The van der Waals surface area contributed by atoms with Crippen LogP contribution in [-0.2, 0) is 20.1 Å². The third-order valence-corrected chi connectivity index (χ3v) is 7.10. The Labute approximate surface area is 226 Å². The number of ether oxygens (including phenoxy) is 2. The second kappa shape index (κ2) is 10.1. The molecule has 2 aromatic heterocycles. The second-order valence-electron chi connectivity index (χ2n) is 9.89. The summed E-state index contributed by atoms with van der Waals surface area (Å²) in [7, 11) is 1.50. The van der Waals surface area contributed by atoms with Gasteiger partial charge in [-0.25, -0.2) is 4.79 Å². The Kier molecular flexibility index (Phi) is 6.98. The molecule has 0 unspecified atom stereocenters. The van der Waals surface area contributed by atoms with Crippen molar-refractivity contribution in [2.45, 2.75) is 57.4 Å². The molecule has 1 fully saturated rings. The van der Waals surface area contributed by atoms with Gasteiger partial charge in [0, 0.05) is 31.6 Å². The number of aliphatic hydroxyl groups is 1. The molecule has 1 N–H and O–H groups in total. The number of hydrogen-bond acceptors (Lipinski definition) is 6. The van der Waals surface area contributed by atoms with Gasteiger partial charge in [-0.1, -0.05) is 29.8 Å². The number of halogens is 3. The summed E-state index contributed by atoms with van der Waals surface area (Å²) in [6, 6.07) is 12.6. The second-order valence-corrected chi connectivity index (χ2v) is 10.3. The van der Waals surface area contributed by atoms with Gasteiger partial charge < -0.3 is 14.6 Å². The summed E-state index contributed by atoms with van der Waals surface area (Å²) >= 11 is 6.04. The maximum absolute atomic E-state index is 13.7. The number of alkyl halides is 2. The van der Waals surface area contributed by atoms with Gasteiger partial charge in [-0.05, 0) is 55.5 Å². The van der Waals surface area contributed by atoms with Gasteiger partial charge in [0.1, 0.15) is 11.5 Å². The van der Waals surface area contributed by atoms with E-state index in [1.165, 1.54) is 40.4 Å². The molecule has 0 saturated heterocycles. The van der Waals surface area contributed by atoms with Gasteiger partial charge >= 0.3 is 17.8 Å². The predicted octanol–water partition coefficient (Wildman–Crippen LogP) is 4.69. The topological polar surface area (TPSA) is 101 Å². The summed E-state index contributed by atoms with van der Waals surface area (Å²) in [6.07, 6.45) is -0.959. The zero-order valence-electron chi connectivity index (χ0n) is 21.4. The summed E-state index contributed by atoms with van der Waals surface area (Å²) in [6.45, 7) is 0.815. The van der Waals surface area contributed by atoms with E-state index in [0.29, 0.717) is 24.8 Å². The highest BCUT2D eigenvalue weighted by molar-refractivity contribution is 6.30. The van der Waals surface area contributed by atoms with E-state index >= 15 is 0 Å². The van der Waals surface area contributed by atoms with Crippen LogP contribution in [0.25, 0.3) is 11.2 Å². The lowest BCUT2D eigenvalue weighted by Gasteiger charge is -2.36. The van der Waals surface area contributed by atoms with Gasteiger partial charge in [0.15, 0.2) is 11.2 Å². The Balaban J connectivity index is 1.61. The molecule has 0 aliphatic heterocycles. The molecule has 5 rings (SSSR count). The first-order valence-corrected chi connectivity index (χ1v) is 12.8. The first-order valence-electron chi connectivity index (χ1n) is 12.4. The third-order valence-electron chi connectivity index (χ3n) is 6.85. The summed E-state index contributed by atoms with van der Waals surface area (Å²) in [5.41, 5.74) is -1.03. The number of aryl methyl sites for hydroxylation is 1. The average Bonchev–Trinajstić information content (AvgIpc) is 3.20. The number of aromatic nitrogens is 4. The molecule has 0 radical (unpaired) electrons. The third kappa shape index (κ3) is 5.69. The van der Waals surface area contributed by atoms with Crippen LogP contribution in [0.3, 0.4) is 0 Å². The Hall–Kier alpha value is -3.70. The van der Waals surface area contributed by atoms with Gasteiger partial charge in [-0.3, -0.25) is 18.5 Å². The number of benzene rings is 2. The van der Waals surface area contributed by atoms with E-state index in [4.69, 9.17) is 16.3 Å². The average molecular weight is 561 g/mol. The van der Waals surface area contributed by atoms with Gasteiger partial charge in [0.2, 0.25) is 0 Å². The highest BCUT2D eigenvalue weighted by Crippen LogP contribution is 2.35. The van der Waals surface area contributed by atoms with Crippen molar-refractivity contribution >= 4 is 22.8 Å². The molecule has 0 amide bonds. The van der Waals surface area contributed by atoms with Crippen molar-refractivity contribution in [2.75, 3.05) is 0 Å². The molecule has 39 heavy (non-hydrogen) atoms. The van der Waals surface area contributed by atoms with Crippen LogP contribution in [0.2, 0.25) is 5.02 Å². The molecular formula is C27H27ClF2N4O5. The summed E-state index contributed by atoms with van der Waals surface area (Å²) in [5, 5.41) is 11.1. The maximum atomic E-state index is 13.7. The fraction of sp³-hybridized carbons (Fsp3) is 0.370. The van der Waals surface area contributed by atoms with Crippen LogP contribution in [0.15, 0.2) is 58.1 Å². The van der Waals surface area contributed by atoms with Crippen LogP contribution in [0.1, 0.15) is 38.2 Å². The molecule has 2 heterocycles. The maximum Gasteiger partial charge on any atom is 0.394 e. The molecule has 1 aliphatic carbocycles. The predicted molar refractivity (Wildman–Crippen MR) is 141 cm³/mol. The molecule has 2 aromatic carbocycles. The summed E-state index contributed by atoms with van der Waals surface area (Å²) in [4.78, 5) is 31.3. The highest BCUT2D eigenvalue weighted by Gasteiger charge is 2.34. The lowest BCUT2D eigenvalue weighted by atomic mass is 9.78. The van der Waals surface area contributed by atoms with Crippen molar-refractivity contribution in [3.8, 4) is 17.5 Å². The van der Waals surface area contributed by atoms with Crippen molar-refractivity contribution in [1.29, 1.82) is 0 Å². The zero-order chi connectivity index (χ0) is 27.9. The fourth-order valence-electron chi connectivity index (χ4n) is 4.61. The molecule has 0 atom stereocenters. The van der Waals surface area contributed by atoms with E-state index in [-0.39, 0.29) is 48.2 Å². The zero-order valence-corrected chi connectivity index (χ0v) is 22.1. The van der Waals surface area contributed by atoms with Crippen molar-refractivity contribution in [3.63, 3.8) is 0 Å². The quantitative estimate of drug-likeness (QED) is 0.319. The van der Waals surface area contributed by atoms with Crippen LogP contribution in [0.4, 0.5) is 8.78 Å². The lowest BCUT2D eigenvalue weighted by Crippen LogP contribution is -2.43. The minimum Gasteiger partial charge on any atom is -0.433 e. The van der Waals surface area contributed by atoms with E-state index in [1.54, 1.807) is 24.3 Å².